The van der Waals surface area contributed by atoms with E-state index in [9.17, 15) is 14.4 Å². The molecule has 0 aromatic carbocycles. The lowest BCUT2D eigenvalue weighted by Gasteiger charge is -2.18. The van der Waals surface area contributed by atoms with E-state index in [1.54, 1.807) is 0 Å². The molecule has 0 heterocycles. The van der Waals surface area contributed by atoms with Gasteiger partial charge in [-0.15, -0.1) is 0 Å². The second kappa shape index (κ2) is 46.3. The molecule has 0 aliphatic heterocycles. The zero-order valence-corrected chi connectivity index (χ0v) is 37.9. The van der Waals surface area contributed by atoms with Crippen LogP contribution in [0.4, 0.5) is 0 Å². The first kappa shape index (κ1) is 54.6. The lowest BCUT2D eigenvalue weighted by atomic mass is 10.1. The fraction of sp³-hybridized carbons (Fsp3) is 0.824. The van der Waals surface area contributed by atoms with Crippen LogP contribution in [0.1, 0.15) is 252 Å². The molecule has 57 heavy (non-hydrogen) atoms. The first-order valence-electron chi connectivity index (χ1n) is 24.5. The molecule has 6 heteroatoms. The summed E-state index contributed by atoms with van der Waals surface area (Å²) in [5.41, 5.74) is 0. The summed E-state index contributed by atoms with van der Waals surface area (Å²) in [6.07, 6.45) is 52.6. The molecule has 0 amide bonds. The Morgan fingerprint density at radius 1 is 0.333 bits per heavy atom. The fourth-order valence-corrected chi connectivity index (χ4v) is 6.82. The van der Waals surface area contributed by atoms with Crippen LogP contribution in [0.15, 0.2) is 36.5 Å². The highest BCUT2D eigenvalue weighted by molar-refractivity contribution is 5.71. The molecule has 0 aromatic heterocycles. The van der Waals surface area contributed by atoms with E-state index in [4.69, 9.17) is 14.2 Å². The Labute approximate surface area is 353 Å². The Kier molecular flexibility index (Phi) is 44.4. The van der Waals surface area contributed by atoms with Gasteiger partial charge < -0.3 is 14.2 Å². The average Bonchev–Trinajstić information content (AvgIpc) is 3.21. The highest BCUT2D eigenvalue weighted by Crippen LogP contribution is 2.14. The van der Waals surface area contributed by atoms with E-state index < -0.39 is 6.10 Å². The molecule has 332 valence electrons. The predicted molar refractivity (Wildman–Crippen MR) is 242 cm³/mol. The van der Waals surface area contributed by atoms with Crippen molar-refractivity contribution in [3.8, 4) is 0 Å². The van der Waals surface area contributed by atoms with Crippen LogP contribution in [0.25, 0.3) is 0 Å². The first-order valence-corrected chi connectivity index (χ1v) is 24.5. The molecule has 0 aliphatic rings. The molecule has 0 N–H and O–H groups in total. The Balaban J connectivity index is 4.37. The summed E-state index contributed by atoms with van der Waals surface area (Å²) in [7, 11) is 0. The monoisotopic (exact) mass is 801 g/mol. The van der Waals surface area contributed by atoms with E-state index in [-0.39, 0.29) is 31.1 Å². The molecule has 0 unspecified atom stereocenters. The Hall–Kier alpha value is -2.37. The maximum atomic E-state index is 12.7. The molecule has 0 spiro atoms. The second-order valence-corrected chi connectivity index (χ2v) is 16.4. The number of allylic oxidation sites excluding steroid dienone is 6. The molecular weight excluding hydrogens is 709 g/mol. The Morgan fingerprint density at radius 3 is 0.930 bits per heavy atom. The van der Waals surface area contributed by atoms with Gasteiger partial charge in [0.25, 0.3) is 0 Å². The molecule has 0 aromatic rings. The second-order valence-electron chi connectivity index (χ2n) is 16.4. The first-order chi connectivity index (χ1) is 28.0. The maximum Gasteiger partial charge on any atom is 0.306 e. The Bertz CT molecular complexity index is 969. The average molecular weight is 801 g/mol. The van der Waals surface area contributed by atoms with Crippen molar-refractivity contribution in [1.82, 2.24) is 0 Å². The molecule has 6 nitrogen and oxygen atoms in total. The number of ether oxygens (including phenoxy) is 3. The quantitative estimate of drug-likeness (QED) is 0.0264. The van der Waals surface area contributed by atoms with Crippen LogP contribution in [0, 0.1) is 0 Å². The van der Waals surface area contributed by atoms with Crippen molar-refractivity contribution in [2.75, 3.05) is 13.2 Å². The molecule has 0 fully saturated rings. The lowest BCUT2D eigenvalue weighted by Crippen LogP contribution is -2.30. The van der Waals surface area contributed by atoms with Gasteiger partial charge in [0.2, 0.25) is 0 Å². The van der Waals surface area contributed by atoms with Crippen LogP contribution in [0.2, 0.25) is 0 Å². The zero-order valence-electron chi connectivity index (χ0n) is 37.9. The normalized spacial score (nSPS) is 12.3. The Morgan fingerprint density at radius 2 is 0.596 bits per heavy atom. The third kappa shape index (κ3) is 44.6. The summed E-state index contributed by atoms with van der Waals surface area (Å²) in [4.78, 5) is 37.8. The summed E-state index contributed by atoms with van der Waals surface area (Å²) < 4.78 is 16.7. The third-order valence-electron chi connectivity index (χ3n) is 10.6. The van der Waals surface area contributed by atoms with Gasteiger partial charge in [-0.1, -0.05) is 179 Å². The minimum Gasteiger partial charge on any atom is -0.462 e. The largest absolute Gasteiger partial charge is 0.462 e. The topological polar surface area (TPSA) is 78.9 Å². The molecule has 0 saturated heterocycles. The van der Waals surface area contributed by atoms with E-state index in [1.165, 1.54) is 135 Å². The zero-order chi connectivity index (χ0) is 41.5. The van der Waals surface area contributed by atoms with E-state index >= 15 is 0 Å². The van der Waals surface area contributed by atoms with Crippen LogP contribution < -0.4 is 0 Å². The van der Waals surface area contributed by atoms with Crippen LogP contribution in [0.5, 0.6) is 0 Å². The van der Waals surface area contributed by atoms with E-state index in [0.29, 0.717) is 19.3 Å². The van der Waals surface area contributed by atoms with E-state index in [2.05, 4.69) is 57.2 Å². The molecule has 0 saturated carbocycles. The minimum absolute atomic E-state index is 0.0793. The fourth-order valence-electron chi connectivity index (χ4n) is 6.82. The van der Waals surface area contributed by atoms with Crippen LogP contribution >= 0.6 is 0 Å². The molecule has 0 radical (unpaired) electrons. The third-order valence-corrected chi connectivity index (χ3v) is 10.6. The van der Waals surface area contributed by atoms with E-state index in [1.807, 2.05) is 0 Å². The SMILES string of the molecule is CCCC/C=C\CCCCCCCC(=O)OC[C@@H](COC(=O)CCCCCCCCC/C=C\CCCCCC)OC(=O)CCCCCCC/C=C\CCCCCC. The number of esters is 3. The maximum absolute atomic E-state index is 12.7. The molecule has 0 aliphatic carbocycles. The summed E-state index contributed by atoms with van der Waals surface area (Å²) in [6.45, 7) is 6.56. The van der Waals surface area contributed by atoms with Crippen LogP contribution in [-0.4, -0.2) is 37.2 Å². The van der Waals surface area contributed by atoms with Gasteiger partial charge in [0.15, 0.2) is 6.10 Å². The van der Waals surface area contributed by atoms with Gasteiger partial charge in [-0.05, 0) is 89.9 Å². The number of carbonyl (C=O) groups is 3. The summed E-state index contributed by atoms with van der Waals surface area (Å²) in [6, 6.07) is 0. The van der Waals surface area contributed by atoms with Gasteiger partial charge in [0.1, 0.15) is 13.2 Å². The van der Waals surface area contributed by atoms with E-state index in [0.717, 1.165) is 77.0 Å². The molecule has 1 atom stereocenters. The van der Waals surface area contributed by atoms with Gasteiger partial charge in [-0.2, -0.15) is 0 Å². The number of unbranched alkanes of at least 4 members (excludes halogenated alkanes) is 27. The molecule has 0 rings (SSSR count). The lowest BCUT2D eigenvalue weighted by molar-refractivity contribution is -0.167. The van der Waals surface area contributed by atoms with Gasteiger partial charge in [0, 0.05) is 19.3 Å². The predicted octanol–water partition coefficient (Wildman–Crippen LogP) is 15.8. The van der Waals surface area contributed by atoms with Crippen molar-refractivity contribution < 1.29 is 28.6 Å². The van der Waals surface area contributed by atoms with Crippen molar-refractivity contribution >= 4 is 17.9 Å². The van der Waals surface area contributed by atoms with Gasteiger partial charge >= 0.3 is 17.9 Å². The number of carbonyl (C=O) groups excluding carboxylic acids is 3. The van der Waals surface area contributed by atoms with Crippen LogP contribution in [0.3, 0.4) is 0 Å². The summed E-state index contributed by atoms with van der Waals surface area (Å²) >= 11 is 0. The van der Waals surface area contributed by atoms with Gasteiger partial charge in [0.05, 0.1) is 0 Å². The highest BCUT2D eigenvalue weighted by Gasteiger charge is 2.19. The van der Waals surface area contributed by atoms with Crippen LogP contribution in [-0.2, 0) is 28.6 Å². The van der Waals surface area contributed by atoms with Gasteiger partial charge in [-0.3, -0.25) is 14.4 Å². The number of hydrogen-bond donors (Lipinski definition) is 0. The van der Waals surface area contributed by atoms with Crippen molar-refractivity contribution in [3.63, 3.8) is 0 Å². The van der Waals surface area contributed by atoms with Gasteiger partial charge in [-0.25, -0.2) is 0 Å². The number of hydrogen-bond acceptors (Lipinski definition) is 6. The molecule has 0 bridgehead atoms. The van der Waals surface area contributed by atoms with Crippen molar-refractivity contribution in [2.45, 2.75) is 258 Å². The van der Waals surface area contributed by atoms with Crippen molar-refractivity contribution in [2.24, 2.45) is 0 Å². The minimum atomic E-state index is -0.777. The van der Waals surface area contributed by atoms with Crippen molar-refractivity contribution in [1.29, 1.82) is 0 Å². The summed E-state index contributed by atoms with van der Waals surface area (Å²) in [5, 5.41) is 0. The standard InChI is InChI=1S/C51H92O6/c1-4-7-10-13-16-19-22-24-25-27-29-32-35-38-41-44-50(53)56-47-48(46-55-49(52)43-40-37-34-31-28-21-18-15-12-9-6-3)57-51(54)45-42-39-36-33-30-26-23-20-17-14-11-8-5-2/h15,18-20,22-23,48H,4-14,16-17,21,24-47H2,1-3H3/b18-15-,22-19-,23-20-/t48-/m0/s1. The smallest absolute Gasteiger partial charge is 0.306 e. The highest BCUT2D eigenvalue weighted by atomic mass is 16.6. The summed E-state index contributed by atoms with van der Waals surface area (Å²) in [5.74, 6) is -0.898. The molecular formula is C51H92O6. The number of rotatable bonds is 44. The van der Waals surface area contributed by atoms with Crippen molar-refractivity contribution in [3.05, 3.63) is 36.5 Å².